The van der Waals surface area contributed by atoms with Crippen LogP contribution in [0.25, 0.3) is 11.0 Å². The third-order valence-electron chi connectivity index (χ3n) is 4.18. The Morgan fingerprint density at radius 3 is 2.52 bits per heavy atom. The lowest BCUT2D eigenvalue weighted by Crippen LogP contribution is -2.39. The average Bonchev–Trinajstić information content (AvgIpc) is 3.00. The predicted molar refractivity (Wildman–Crippen MR) is 96.6 cm³/mol. The van der Waals surface area contributed by atoms with Crippen LogP contribution in [0.4, 0.5) is 8.78 Å². The molecule has 2 N–H and O–H groups in total. The molecular formula is C19H15ClF2N2O3. The van der Waals surface area contributed by atoms with Crippen LogP contribution in [-0.2, 0) is 4.79 Å². The molecule has 1 unspecified atom stereocenters. The lowest BCUT2D eigenvalue weighted by molar-refractivity contribution is -0.122. The van der Waals surface area contributed by atoms with Gasteiger partial charge < -0.3 is 15.1 Å². The summed E-state index contributed by atoms with van der Waals surface area (Å²) in [5.74, 6) is -3.47. The van der Waals surface area contributed by atoms with Gasteiger partial charge in [-0.15, -0.1) is 0 Å². The monoisotopic (exact) mass is 392 g/mol. The molecule has 0 aliphatic heterocycles. The number of halogens is 3. The van der Waals surface area contributed by atoms with E-state index in [9.17, 15) is 18.4 Å². The second-order valence-corrected chi connectivity index (χ2v) is 6.27. The van der Waals surface area contributed by atoms with Gasteiger partial charge in [0, 0.05) is 18.0 Å². The molecule has 1 aromatic heterocycles. The average molecular weight is 393 g/mol. The number of hydrogen-bond acceptors (Lipinski definition) is 3. The van der Waals surface area contributed by atoms with E-state index in [2.05, 4.69) is 10.6 Å². The van der Waals surface area contributed by atoms with Gasteiger partial charge in [0.15, 0.2) is 23.0 Å². The zero-order chi connectivity index (χ0) is 19.7. The van der Waals surface area contributed by atoms with Crippen LogP contribution in [0.15, 0.2) is 40.8 Å². The topological polar surface area (TPSA) is 71.3 Å². The van der Waals surface area contributed by atoms with Gasteiger partial charge in [0.25, 0.3) is 5.91 Å². The van der Waals surface area contributed by atoms with Crippen LogP contribution < -0.4 is 10.6 Å². The van der Waals surface area contributed by atoms with E-state index >= 15 is 0 Å². The molecule has 2 aromatic carbocycles. The molecule has 140 valence electrons. The van der Waals surface area contributed by atoms with Gasteiger partial charge in [-0.05, 0) is 30.7 Å². The number of amides is 2. The molecule has 3 rings (SSSR count). The first-order valence-electron chi connectivity index (χ1n) is 7.98. The molecule has 1 heterocycles. The highest BCUT2D eigenvalue weighted by molar-refractivity contribution is 6.35. The highest BCUT2D eigenvalue weighted by Crippen LogP contribution is 2.31. The Morgan fingerprint density at radius 1 is 1.15 bits per heavy atom. The van der Waals surface area contributed by atoms with E-state index in [1.165, 1.54) is 13.1 Å². The summed E-state index contributed by atoms with van der Waals surface area (Å²) < 4.78 is 32.3. The van der Waals surface area contributed by atoms with Crippen molar-refractivity contribution in [1.29, 1.82) is 0 Å². The molecule has 2 amide bonds. The zero-order valence-electron chi connectivity index (χ0n) is 14.4. The smallest absolute Gasteiger partial charge is 0.288 e. The van der Waals surface area contributed by atoms with Crippen molar-refractivity contribution in [3.8, 4) is 0 Å². The number of nitrogens with one attached hydrogen (secondary N) is 2. The number of para-hydroxylation sites is 1. The maximum absolute atomic E-state index is 13.6. The number of rotatable bonds is 4. The number of carbonyl (C=O) groups is 2. The summed E-state index contributed by atoms with van der Waals surface area (Å²) in [6.07, 6.45) is 0. The molecule has 8 heteroatoms. The summed E-state index contributed by atoms with van der Waals surface area (Å²) in [5, 5.41) is 5.88. The van der Waals surface area contributed by atoms with Gasteiger partial charge in [-0.2, -0.15) is 0 Å². The number of carbonyl (C=O) groups excluding carboxylic acids is 2. The van der Waals surface area contributed by atoms with Crippen LogP contribution in [0, 0.1) is 18.6 Å². The fraction of sp³-hybridized carbons (Fsp3) is 0.158. The second kappa shape index (κ2) is 7.36. The second-order valence-electron chi connectivity index (χ2n) is 5.87. The van der Waals surface area contributed by atoms with E-state index < -0.39 is 29.5 Å². The highest BCUT2D eigenvalue weighted by atomic mass is 35.5. The van der Waals surface area contributed by atoms with Crippen LogP contribution in [0.5, 0.6) is 0 Å². The van der Waals surface area contributed by atoms with Crippen molar-refractivity contribution >= 4 is 34.4 Å². The largest absolute Gasteiger partial charge is 0.449 e. The Labute approximate surface area is 158 Å². The highest BCUT2D eigenvalue weighted by Gasteiger charge is 2.27. The third-order valence-corrected chi connectivity index (χ3v) is 4.48. The Balaban J connectivity index is 1.98. The summed E-state index contributed by atoms with van der Waals surface area (Å²) >= 11 is 6.09. The van der Waals surface area contributed by atoms with Crippen molar-refractivity contribution in [2.45, 2.75) is 13.0 Å². The number of furan rings is 1. The molecule has 0 saturated heterocycles. The molecule has 1 atom stereocenters. The summed E-state index contributed by atoms with van der Waals surface area (Å²) in [4.78, 5) is 24.9. The van der Waals surface area contributed by atoms with Crippen LogP contribution in [0.3, 0.4) is 0 Å². The zero-order valence-corrected chi connectivity index (χ0v) is 15.2. The summed E-state index contributed by atoms with van der Waals surface area (Å²) in [5.41, 5.74) is 0.991. The molecule has 0 spiro atoms. The molecule has 0 fully saturated rings. The van der Waals surface area contributed by atoms with E-state index in [-0.39, 0.29) is 11.3 Å². The van der Waals surface area contributed by atoms with Gasteiger partial charge in [-0.3, -0.25) is 9.59 Å². The summed E-state index contributed by atoms with van der Waals surface area (Å²) in [7, 11) is 1.37. The van der Waals surface area contributed by atoms with E-state index in [0.29, 0.717) is 21.6 Å². The standard InChI is InChI=1S/C19H15ClF2N2O3/c1-9-11-4-3-5-12(20)17(11)27-16(9)19(26)24-15(18(25)23-2)10-6-7-13(21)14(22)8-10/h3-8,15H,1-2H3,(H,23,25)(H,24,26). The molecular weight excluding hydrogens is 378 g/mol. The number of fused-ring (bicyclic) bond motifs is 1. The Kier molecular flexibility index (Phi) is 5.14. The Bertz CT molecular complexity index is 1050. The Morgan fingerprint density at radius 2 is 1.89 bits per heavy atom. The van der Waals surface area contributed by atoms with Gasteiger partial charge in [0.1, 0.15) is 6.04 Å². The van der Waals surface area contributed by atoms with E-state index in [1.54, 1.807) is 25.1 Å². The van der Waals surface area contributed by atoms with Gasteiger partial charge in [0.05, 0.1) is 5.02 Å². The van der Waals surface area contributed by atoms with Crippen molar-refractivity contribution in [2.24, 2.45) is 0 Å². The number of aryl methyl sites for hydroxylation is 1. The van der Waals surface area contributed by atoms with E-state index in [4.69, 9.17) is 16.0 Å². The van der Waals surface area contributed by atoms with Crippen LogP contribution in [-0.4, -0.2) is 18.9 Å². The quantitative estimate of drug-likeness (QED) is 0.707. The van der Waals surface area contributed by atoms with Crippen molar-refractivity contribution in [2.75, 3.05) is 7.05 Å². The fourth-order valence-electron chi connectivity index (χ4n) is 2.76. The van der Waals surface area contributed by atoms with Crippen molar-refractivity contribution in [1.82, 2.24) is 10.6 Å². The van der Waals surface area contributed by atoms with Gasteiger partial charge in [-0.1, -0.05) is 29.8 Å². The van der Waals surface area contributed by atoms with Crippen molar-refractivity contribution in [3.05, 3.63) is 69.9 Å². The maximum atomic E-state index is 13.6. The minimum atomic E-state index is -1.24. The predicted octanol–water partition coefficient (Wildman–Crippen LogP) is 3.89. The van der Waals surface area contributed by atoms with Crippen LogP contribution in [0.1, 0.15) is 27.7 Å². The number of benzene rings is 2. The normalized spacial score (nSPS) is 12.0. The molecule has 0 aliphatic rings. The fourth-order valence-corrected chi connectivity index (χ4v) is 2.97. The molecule has 0 radical (unpaired) electrons. The number of likely N-dealkylation sites (N-methyl/N-ethyl adjacent to an activating group) is 1. The molecule has 0 saturated carbocycles. The van der Waals surface area contributed by atoms with Gasteiger partial charge in [0.2, 0.25) is 5.91 Å². The van der Waals surface area contributed by atoms with E-state index in [0.717, 1.165) is 12.1 Å². The summed E-state index contributed by atoms with van der Waals surface area (Å²) in [6.45, 7) is 1.68. The summed E-state index contributed by atoms with van der Waals surface area (Å²) in [6, 6.07) is 6.84. The first-order chi connectivity index (χ1) is 12.8. The molecule has 3 aromatic rings. The molecule has 0 bridgehead atoms. The van der Waals surface area contributed by atoms with Gasteiger partial charge in [-0.25, -0.2) is 8.78 Å². The first kappa shape index (κ1) is 18.8. The maximum Gasteiger partial charge on any atom is 0.288 e. The van der Waals surface area contributed by atoms with Gasteiger partial charge >= 0.3 is 0 Å². The molecule has 5 nitrogen and oxygen atoms in total. The first-order valence-corrected chi connectivity index (χ1v) is 8.36. The lowest BCUT2D eigenvalue weighted by atomic mass is 10.0. The molecule has 27 heavy (non-hydrogen) atoms. The van der Waals surface area contributed by atoms with Crippen LogP contribution >= 0.6 is 11.6 Å². The SMILES string of the molecule is CNC(=O)C(NC(=O)c1oc2c(Cl)cccc2c1C)c1ccc(F)c(F)c1. The minimum Gasteiger partial charge on any atom is -0.449 e. The third kappa shape index (κ3) is 3.50. The van der Waals surface area contributed by atoms with E-state index in [1.807, 2.05) is 0 Å². The van der Waals surface area contributed by atoms with Crippen LogP contribution in [0.2, 0.25) is 5.02 Å². The minimum absolute atomic E-state index is 0.0189. The van der Waals surface area contributed by atoms with Crippen molar-refractivity contribution in [3.63, 3.8) is 0 Å². The van der Waals surface area contributed by atoms with Crippen molar-refractivity contribution < 1.29 is 22.8 Å². The Hall–Kier alpha value is -2.93. The molecule has 0 aliphatic carbocycles. The lowest BCUT2D eigenvalue weighted by Gasteiger charge is -2.17. The number of hydrogen-bond donors (Lipinski definition) is 2.